The van der Waals surface area contributed by atoms with Crippen LogP contribution in [0.15, 0.2) is 47.1 Å². The zero-order chi connectivity index (χ0) is 18.8. The first-order chi connectivity index (χ1) is 13.1. The Kier molecular flexibility index (Phi) is 4.75. The topological polar surface area (TPSA) is 64.2 Å². The summed E-state index contributed by atoms with van der Waals surface area (Å²) in [6.07, 6.45) is 5.64. The second-order valence-electron chi connectivity index (χ2n) is 6.90. The van der Waals surface area contributed by atoms with Gasteiger partial charge >= 0.3 is 0 Å². The van der Waals surface area contributed by atoms with Crippen molar-refractivity contribution < 1.29 is 13.6 Å². The number of benzene rings is 1. The summed E-state index contributed by atoms with van der Waals surface area (Å²) in [6, 6.07) is 8.20. The number of hydrogen-bond donors (Lipinski definition) is 0. The third-order valence-electron chi connectivity index (χ3n) is 4.94. The number of aryl methyl sites for hydroxylation is 1. The van der Waals surface area contributed by atoms with Crippen LogP contribution in [0.5, 0.6) is 0 Å². The molecular formula is C20H21FN4O2. The molecule has 1 aromatic carbocycles. The number of carbonyl (C=O) groups excluding carboxylic acids is 1. The van der Waals surface area contributed by atoms with Gasteiger partial charge in [0.05, 0.1) is 12.1 Å². The van der Waals surface area contributed by atoms with Crippen molar-refractivity contribution in [2.45, 2.75) is 25.2 Å². The minimum atomic E-state index is -0.260. The molecule has 7 heteroatoms. The van der Waals surface area contributed by atoms with Gasteiger partial charge in [-0.2, -0.15) is 5.10 Å². The highest BCUT2D eigenvalue weighted by molar-refractivity contribution is 5.92. The van der Waals surface area contributed by atoms with Crippen molar-refractivity contribution in [3.05, 3.63) is 71.5 Å². The highest BCUT2D eigenvalue weighted by atomic mass is 19.1. The van der Waals surface area contributed by atoms with Crippen LogP contribution in [0.3, 0.4) is 0 Å². The number of halogens is 1. The van der Waals surface area contributed by atoms with E-state index in [4.69, 9.17) is 4.42 Å². The van der Waals surface area contributed by atoms with E-state index in [-0.39, 0.29) is 17.6 Å². The van der Waals surface area contributed by atoms with Crippen molar-refractivity contribution in [3.63, 3.8) is 0 Å². The Bertz CT molecular complexity index is 949. The number of rotatable bonds is 4. The second kappa shape index (κ2) is 7.34. The molecule has 1 atom stereocenters. The van der Waals surface area contributed by atoms with Crippen LogP contribution in [0.1, 0.15) is 46.5 Å². The summed E-state index contributed by atoms with van der Waals surface area (Å²) in [6.45, 7) is 1.29. The summed E-state index contributed by atoms with van der Waals surface area (Å²) in [4.78, 5) is 19.0. The van der Waals surface area contributed by atoms with Gasteiger partial charge in [-0.25, -0.2) is 9.37 Å². The number of oxazole rings is 1. The number of nitrogens with zero attached hydrogens (tertiary/aromatic N) is 4. The van der Waals surface area contributed by atoms with Crippen molar-refractivity contribution in [2.24, 2.45) is 7.05 Å². The number of hydrogen-bond acceptors (Lipinski definition) is 4. The predicted octanol–water partition coefficient (Wildman–Crippen LogP) is 3.16. The van der Waals surface area contributed by atoms with E-state index in [0.29, 0.717) is 30.3 Å². The van der Waals surface area contributed by atoms with Gasteiger partial charge in [0, 0.05) is 32.8 Å². The van der Waals surface area contributed by atoms with Gasteiger partial charge in [0.1, 0.15) is 17.3 Å². The molecule has 3 heterocycles. The normalized spacial score (nSPS) is 17.3. The minimum absolute atomic E-state index is 0.0220. The van der Waals surface area contributed by atoms with E-state index in [1.807, 2.05) is 11.0 Å². The number of piperidine rings is 1. The van der Waals surface area contributed by atoms with Crippen LogP contribution in [0.2, 0.25) is 0 Å². The maximum Gasteiger partial charge on any atom is 0.272 e. The zero-order valence-electron chi connectivity index (χ0n) is 15.1. The Morgan fingerprint density at radius 2 is 2.26 bits per heavy atom. The molecule has 3 aromatic rings. The SMILES string of the molecule is Cn1nccc1C(=O)N1CCCC(c2ncc(Cc3cccc(F)c3)o2)C1. The molecule has 140 valence electrons. The van der Waals surface area contributed by atoms with Crippen LogP contribution < -0.4 is 0 Å². The molecule has 1 unspecified atom stereocenters. The lowest BCUT2D eigenvalue weighted by Gasteiger charge is -2.31. The lowest BCUT2D eigenvalue weighted by Crippen LogP contribution is -2.40. The van der Waals surface area contributed by atoms with Crippen molar-refractivity contribution >= 4 is 5.91 Å². The van der Waals surface area contributed by atoms with Crippen LogP contribution in [0.4, 0.5) is 4.39 Å². The van der Waals surface area contributed by atoms with E-state index < -0.39 is 0 Å². The van der Waals surface area contributed by atoms with Crippen molar-refractivity contribution in [3.8, 4) is 0 Å². The summed E-state index contributed by atoms with van der Waals surface area (Å²) in [5, 5.41) is 4.07. The van der Waals surface area contributed by atoms with Crippen molar-refractivity contribution in [1.29, 1.82) is 0 Å². The van der Waals surface area contributed by atoms with Crippen LogP contribution in [0, 0.1) is 5.82 Å². The van der Waals surface area contributed by atoms with Gasteiger partial charge in [-0.3, -0.25) is 9.48 Å². The summed E-state index contributed by atoms with van der Waals surface area (Å²) in [7, 11) is 1.77. The fourth-order valence-corrected chi connectivity index (χ4v) is 3.55. The van der Waals surface area contributed by atoms with Crippen molar-refractivity contribution in [1.82, 2.24) is 19.7 Å². The van der Waals surface area contributed by atoms with Crippen molar-refractivity contribution in [2.75, 3.05) is 13.1 Å². The van der Waals surface area contributed by atoms with E-state index in [1.165, 1.54) is 12.1 Å². The monoisotopic (exact) mass is 368 g/mol. The molecule has 0 aliphatic carbocycles. The number of carbonyl (C=O) groups is 1. The third-order valence-corrected chi connectivity index (χ3v) is 4.94. The van der Waals surface area contributed by atoms with E-state index >= 15 is 0 Å². The summed E-state index contributed by atoms with van der Waals surface area (Å²) in [5.41, 5.74) is 1.42. The molecule has 0 radical (unpaired) electrons. The number of amides is 1. The molecule has 1 fully saturated rings. The maximum atomic E-state index is 13.3. The average molecular weight is 368 g/mol. The van der Waals surface area contributed by atoms with Crippen LogP contribution in [-0.4, -0.2) is 38.7 Å². The van der Waals surface area contributed by atoms with Crippen LogP contribution in [-0.2, 0) is 13.5 Å². The Morgan fingerprint density at radius 1 is 1.37 bits per heavy atom. The fourth-order valence-electron chi connectivity index (χ4n) is 3.55. The van der Waals surface area contributed by atoms with Crippen LogP contribution in [0.25, 0.3) is 0 Å². The van der Waals surface area contributed by atoms with Gasteiger partial charge in [-0.15, -0.1) is 0 Å². The first-order valence-electron chi connectivity index (χ1n) is 9.06. The quantitative estimate of drug-likeness (QED) is 0.710. The van der Waals surface area contributed by atoms with Gasteiger partial charge in [-0.05, 0) is 36.6 Å². The predicted molar refractivity (Wildman–Crippen MR) is 96.8 cm³/mol. The smallest absolute Gasteiger partial charge is 0.272 e. The minimum Gasteiger partial charge on any atom is -0.445 e. The molecule has 0 N–H and O–H groups in total. The average Bonchev–Trinajstić information content (AvgIpc) is 3.30. The lowest BCUT2D eigenvalue weighted by atomic mass is 9.97. The Morgan fingerprint density at radius 3 is 3.04 bits per heavy atom. The molecule has 1 amide bonds. The zero-order valence-corrected chi connectivity index (χ0v) is 15.1. The van der Waals surface area contributed by atoms with E-state index in [9.17, 15) is 9.18 Å². The standard InChI is InChI=1S/C20H21FN4O2/c1-24-18(7-8-23-24)20(26)25-9-3-5-15(13-25)19-22-12-17(27-19)11-14-4-2-6-16(21)10-14/h2,4,6-8,10,12,15H,3,5,9,11,13H2,1H3. The Labute approximate surface area is 156 Å². The molecule has 0 bridgehead atoms. The maximum absolute atomic E-state index is 13.3. The molecule has 1 aliphatic heterocycles. The fraction of sp³-hybridized carbons (Fsp3) is 0.350. The Hall–Kier alpha value is -2.96. The summed E-state index contributed by atoms with van der Waals surface area (Å²) >= 11 is 0. The highest BCUT2D eigenvalue weighted by Gasteiger charge is 2.29. The molecule has 1 saturated heterocycles. The second-order valence-corrected chi connectivity index (χ2v) is 6.90. The molecular weight excluding hydrogens is 347 g/mol. The third kappa shape index (κ3) is 3.77. The molecule has 27 heavy (non-hydrogen) atoms. The molecule has 4 rings (SSSR count). The molecule has 1 aliphatic rings. The summed E-state index contributed by atoms with van der Waals surface area (Å²) in [5.74, 6) is 1.13. The molecule has 6 nitrogen and oxygen atoms in total. The lowest BCUT2D eigenvalue weighted by molar-refractivity contribution is 0.0686. The first-order valence-corrected chi connectivity index (χ1v) is 9.06. The Balaban J connectivity index is 1.45. The summed E-state index contributed by atoms with van der Waals surface area (Å²) < 4.78 is 20.9. The van der Waals surface area contributed by atoms with Crippen LogP contribution >= 0.6 is 0 Å². The number of aromatic nitrogens is 3. The number of likely N-dealkylation sites (tertiary alicyclic amines) is 1. The van der Waals surface area contributed by atoms with Gasteiger partial charge < -0.3 is 9.32 Å². The molecule has 0 saturated carbocycles. The van der Waals surface area contributed by atoms with E-state index in [0.717, 1.165) is 24.9 Å². The largest absolute Gasteiger partial charge is 0.445 e. The first kappa shape index (κ1) is 17.5. The van der Waals surface area contributed by atoms with Gasteiger partial charge in [-0.1, -0.05) is 12.1 Å². The van der Waals surface area contributed by atoms with E-state index in [2.05, 4.69) is 10.1 Å². The highest BCUT2D eigenvalue weighted by Crippen LogP contribution is 2.28. The van der Waals surface area contributed by atoms with Gasteiger partial charge in [0.25, 0.3) is 5.91 Å². The molecule has 2 aromatic heterocycles. The van der Waals surface area contributed by atoms with E-state index in [1.54, 1.807) is 36.3 Å². The van der Waals surface area contributed by atoms with Gasteiger partial charge in [0.15, 0.2) is 5.89 Å². The molecule has 0 spiro atoms. The van der Waals surface area contributed by atoms with Gasteiger partial charge in [0.2, 0.25) is 0 Å².